The summed E-state index contributed by atoms with van der Waals surface area (Å²) >= 11 is 0. The summed E-state index contributed by atoms with van der Waals surface area (Å²) in [4.78, 5) is 115. The third-order valence-corrected chi connectivity index (χ3v) is 17.7. The number of amides is 1. The lowest BCUT2D eigenvalue weighted by molar-refractivity contribution is -0.745. The van der Waals surface area contributed by atoms with Crippen LogP contribution in [0.4, 0.5) is 11.8 Å². The number of aromatic nitrogens is 10. The number of hydrogen-bond acceptors (Lipinski definition) is 27. The first-order valence-corrected chi connectivity index (χ1v) is 29.5. The number of methoxy groups -OCH3 is 1. The number of fused-ring (bicyclic) bond motifs is 2. The maximum atomic E-state index is 13.6. The van der Waals surface area contributed by atoms with E-state index in [1.54, 1.807) is 13.8 Å². The van der Waals surface area contributed by atoms with E-state index in [2.05, 4.69) is 38.9 Å². The first kappa shape index (κ1) is 61.0. The molecule has 5 aromatic rings. The molecule has 1 amide bonds. The molecule has 0 spiro atoms. The second-order valence-corrected chi connectivity index (χ2v) is 24.7. The number of aromatic amines is 2. The van der Waals surface area contributed by atoms with Gasteiger partial charge in [-0.15, -0.1) is 0 Å². The van der Waals surface area contributed by atoms with E-state index >= 15 is 0 Å². The van der Waals surface area contributed by atoms with Gasteiger partial charge in [0.05, 0.1) is 39.3 Å². The van der Waals surface area contributed by atoms with E-state index in [4.69, 9.17) is 42.8 Å². The van der Waals surface area contributed by atoms with Crippen molar-refractivity contribution in [3.05, 3.63) is 62.4 Å². The Morgan fingerprint density at radius 2 is 1.48 bits per heavy atom. The highest BCUT2D eigenvalue weighted by atomic mass is 31.3. The van der Waals surface area contributed by atoms with Crippen LogP contribution < -0.4 is 32.4 Å². The lowest BCUT2D eigenvalue weighted by Gasteiger charge is -2.26. The Bertz CT molecular complexity index is 3490. The number of H-pyrrole nitrogens is 2. The lowest BCUT2D eigenvalue weighted by atomic mass is 9.94. The maximum Gasteiger partial charge on any atom is 0.490 e. The predicted octanol–water partition coefficient (Wildman–Crippen LogP) is -2.90. The van der Waals surface area contributed by atoms with E-state index in [0.29, 0.717) is 0 Å². The summed E-state index contributed by atoms with van der Waals surface area (Å²) in [5.74, 6) is -1.80. The summed E-state index contributed by atoms with van der Waals surface area (Å²) in [7, 11) is -18.2. The van der Waals surface area contributed by atoms with Crippen LogP contribution in [-0.2, 0) is 75.8 Å². The van der Waals surface area contributed by atoms with Crippen molar-refractivity contribution in [3.8, 4) is 0 Å². The monoisotopic (exact) mass is 1220 g/mol. The maximum absolute atomic E-state index is 13.6. The molecule has 3 saturated heterocycles. The van der Waals surface area contributed by atoms with Gasteiger partial charge in [-0.3, -0.25) is 56.1 Å². The van der Waals surface area contributed by atoms with E-state index in [1.807, 2.05) is 4.98 Å². The summed E-state index contributed by atoms with van der Waals surface area (Å²) in [6, 6.07) is 0.747. The Hall–Kier alpha value is -5.11. The molecule has 4 unspecified atom stereocenters. The van der Waals surface area contributed by atoms with Gasteiger partial charge in [-0.2, -0.15) is 8.62 Å². The number of rotatable bonds is 23. The van der Waals surface area contributed by atoms with Gasteiger partial charge in [0.15, 0.2) is 30.2 Å². The van der Waals surface area contributed by atoms with Crippen LogP contribution in [-0.4, -0.2) is 185 Å². The van der Waals surface area contributed by atoms with Crippen LogP contribution in [0.2, 0.25) is 0 Å². The Morgan fingerprint density at radius 1 is 0.838 bits per heavy atom. The molecule has 12 N–H and O–H groups in total. The number of ether oxygens (including phenoxy) is 4. The SMILES string of the molecule is CO[C@@H]1[C@H](OP(=O)(O)OC[C@H]2O[C@@H](n3ccc(=O)[nH]c3=O)[C@H](O)[C@@H]2O)[C@@H](COP(=O)(O)OP(=O)(O)OP(=O)(O)OC[C@H]2O[C@@H]([n+]3cn(C)c4c(=O)[nH]c(NC(C)C)nc43)[C@H](O)[C@@H]2CC(=O)N(C)C)O[C@H]1n1cnc2c(N)ncnc21. The van der Waals surface area contributed by atoms with Crippen molar-refractivity contribution in [1.29, 1.82) is 0 Å². The third kappa shape index (κ3) is 13.4. The second-order valence-electron chi connectivity index (χ2n) is 18.6. The summed E-state index contributed by atoms with van der Waals surface area (Å²) in [5.41, 5.74) is 3.65. The van der Waals surface area contributed by atoms with Gasteiger partial charge in [0.1, 0.15) is 54.6 Å². The molecular weight excluding hydrogens is 1160 g/mol. The molecule has 38 nitrogen and oxygen atoms in total. The minimum Gasteiger partial charge on any atom is -0.387 e. The molecule has 3 aliphatic heterocycles. The second kappa shape index (κ2) is 23.6. The van der Waals surface area contributed by atoms with Crippen molar-refractivity contribution in [1.82, 2.24) is 48.5 Å². The first-order valence-electron chi connectivity index (χ1n) is 23.5. The number of aryl methyl sites for hydroxylation is 1. The predicted molar refractivity (Wildman–Crippen MR) is 263 cm³/mol. The molecule has 3 aliphatic rings. The van der Waals surface area contributed by atoms with Crippen LogP contribution in [0.1, 0.15) is 39.0 Å². The number of anilines is 2. The molecule has 80 heavy (non-hydrogen) atoms. The number of nitrogens with two attached hydrogens (primary N) is 1. The van der Waals surface area contributed by atoms with Gasteiger partial charge < -0.3 is 69.8 Å². The van der Waals surface area contributed by atoms with Crippen LogP contribution in [0.15, 0.2) is 45.6 Å². The Balaban J connectivity index is 0.955. The largest absolute Gasteiger partial charge is 0.490 e. The zero-order chi connectivity index (χ0) is 58.6. The fraction of sp³-hybridized carbons (Fsp3) is 0.605. The van der Waals surface area contributed by atoms with Crippen LogP contribution in [0.5, 0.6) is 0 Å². The van der Waals surface area contributed by atoms with E-state index in [-0.39, 0.29) is 40.1 Å². The number of carbonyl (C=O) groups is 1. The highest BCUT2D eigenvalue weighted by Crippen LogP contribution is 2.68. The van der Waals surface area contributed by atoms with Crippen molar-refractivity contribution in [2.45, 2.75) is 93.8 Å². The molecule has 5 aromatic heterocycles. The number of hydrogen-bond donors (Lipinski definition) is 11. The van der Waals surface area contributed by atoms with Gasteiger partial charge in [0.2, 0.25) is 17.7 Å². The summed E-state index contributed by atoms with van der Waals surface area (Å²) in [6.45, 7) is 0.228. The van der Waals surface area contributed by atoms with Gasteiger partial charge in [0, 0.05) is 51.8 Å². The number of phosphoric acid groups is 4. The van der Waals surface area contributed by atoms with E-state index in [1.165, 1.54) is 46.1 Å². The average Bonchev–Trinajstić information content (AvgIpc) is 4.36. The van der Waals surface area contributed by atoms with Crippen LogP contribution in [0.3, 0.4) is 0 Å². The molecule has 8 heterocycles. The number of imidazole rings is 2. The fourth-order valence-electron chi connectivity index (χ4n) is 8.84. The van der Waals surface area contributed by atoms with Crippen LogP contribution in [0, 0.1) is 5.92 Å². The van der Waals surface area contributed by atoms with Gasteiger partial charge >= 0.3 is 42.6 Å². The van der Waals surface area contributed by atoms with E-state index < -0.39 is 154 Å². The molecule has 42 heteroatoms. The molecule has 8 rings (SSSR count). The first-order chi connectivity index (χ1) is 37.4. The highest BCUT2D eigenvalue weighted by Gasteiger charge is 2.54. The number of nitrogen functional groups attached to an aromatic ring is 1. The number of phosphoric ester groups is 3. The number of aliphatic hydroxyl groups is 3. The minimum atomic E-state index is -6.24. The average molecular weight is 1220 g/mol. The van der Waals surface area contributed by atoms with Gasteiger partial charge in [-0.05, 0) is 13.8 Å². The molecular formula is C38H56N13O25P4+. The third-order valence-electron chi connectivity index (χ3n) is 12.5. The van der Waals surface area contributed by atoms with Crippen molar-refractivity contribution in [2.24, 2.45) is 13.0 Å². The molecule has 0 aromatic carbocycles. The van der Waals surface area contributed by atoms with Crippen molar-refractivity contribution in [3.63, 3.8) is 0 Å². The lowest BCUT2D eigenvalue weighted by Crippen LogP contribution is -2.45. The standard InChI is InChI=1S/C38H55N13O25P4/c1-16(2)43-37-45-32-24(33(57)46-37)48(5)15-51(32)34-25(54)17(9-22(53)47(3)4)18(71-34)10-69-78(61,62)75-80(65,66)76-79(63,64)70-12-20-28(29(67-6)36(73-20)50-14-42-23-30(39)40-13-41-31(23)50)74-77(59,60)68-11-19-26(55)27(56)35(72-19)49-8-7-21(52)44-38(49)58/h7-8,13-20,25-29,34-36,54-56H,9-12H2,1-6H3,(H8-,39,40,41,43,44,45,46,52,57,58,59,60,61,62,63,64,65,66)/p+1/t17-,18-,19-,20-,25-,26-,27-,28-,29-,34-,35-,36-/m1/s1. The highest BCUT2D eigenvalue weighted by molar-refractivity contribution is 7.66. The molecule has 442 valence electrons. The number of nitrogens with zero attached hydrogens (tertiary/aromatic N) is 9. The Labute approximate surface area is 448 Å². The topological polar surface area (TPSA) is 514 Å². The van der Waals surface area contributed by atoms with Crippen LogP contribution in [0.25, 0.3) is 22.3 Å². The van der Waals surface area contributed by atoms with Crippen molar-refractivity contribution < 1.29 is 108 Å². The van der Waals surface area contributed by atoms with E-state index in [9.17, 15) is 72.3 Å². The summed E-state index contributed by atoms with van der Waals surface area (Å²) in [5, 5.41) is 35.9. The summed E-state index contributed by atoms with van der Waals surface area (Å²) < 4.78 is 110. The molecule has 0 aliphatic carbocycles. The smallest absolute Gasteiger partial charge is 0.387 e. The zero-order valence-electron chi connectivity index (χ0n) is 42.6. The molecule has 0 saturated carbocycles. The molecule has 0 bridgehead atoms. The molecule has 3 fully saturated rings. The zero-order valence-corrected chi connectivity index (χ0v) is 46.2. The van der Waals surface area contributed by atoms with Gasteiger partial charge in [0.25, 0.3) is 17.1 Å². The Morgan fingerprint density at radius 3 is 2.11 bits per heavy atom. The van der Waals surface area contributed by atoms with Gasteiger partial charge in [-0.1, -0.05) is 4.98 Å². The Kier molecular flexibility index (Phi) is 18.0. The molecule has 16 atom stereocenters. The van der Waals surface area contributed by atoms with Crippen molar-refractivity contribution >= 4 is 71.3 Å². The minimum absolute atomic E-state index is 0.000756. The van der Waals surface area contributed by atoms with Gasteiger partial charge in [-0.25, -0.2) is 42.6 Å². The summed E-state index contributed by atoms with van der Waals surface area (Å²) in [6.07, 6.45) is -14.2. The van der Waals surface area contributed by atoms with Crippen molar-refractivity contribution in [2.75, 3.05) is 52.1 Å². The quantitative estimate of drug-likeness (QED) is 0.0231. The normalized spacial score (nSPS) is 29.2. The van der Waals surface area contributed by atoms with E-state index in [0.717, 1.165) is 36.6 Å². The van der Waals surface area contributed by atoms with Crippen LogP contribution >= 0.6 is 31.3 Å². The molecule has 0 radical (unpaired) electrons. The number of nitrogens with one attached hydrogen (secondary N) is 3. The number of aliphatic hydroxyl groups excluding tert-OH is 3. The number of carbonyl (C=O) groups excluding carboxylic acids is 1. The fourth-order valence-corrected chi connectivity index (χ4v) is 13.3.